The standard InChI is InChI=1S/C22H28O.C2H6.FH.H2O/c1-7-19-14-20(15(2)3)12-17(5)22(19)16(4)11-18-9-8-10-21(13-18)23-6;1-2;;/h8-10,12-14,16H,2,7,11H2,1,3-6H3;1-2H3;1H;1H2. The minimum absolute atomic E-state index is 0. The molecule has 152 valence electrons. The van der Waals surface area contributed by atoms with Gasteiger partial charge in [0, 0.05) is 0 Å². The summed E-state index contributed by atoms with van der Waals surface area (Å²) < 4.78 is 5.34. The third kappa shape index (κ3) is 7.18. The normalized spacial score (nSPS) is 10.5. The third-order valence-electron chi connectivity index (χ3n) is 4.52. The molecule has 1 atom stereocenters. The Morgan fingerprint density at radius 1 is 1.15 bits per heavy atom. The molecule has 2 N–H and O–H groups in total. The summed E-state index contributed by atoms with van der Waals surface area (Å²) in [5.41, 5.74) is 8.02. The van der Waals surface area contributed by atoms with Crippen LogP contribution >= 0.6 is 0 Å². The van der Waals surface area contributed by atoms with Gasteiger partial charge in [-0.3, -0.25) is 4.70 Å². The van der Waals surface area contributed by atoms with Crippen molar-refractivity contribution in [2.45, 2.75) is 60.3 Å². The molecule has 2 nitrogen and oxygen atoms in total. The van der Waals surface area contributed by atoms with Crippen molar-refractivity contribution in [2.75, 3.05) is 7.11 Å². The number of methoxy groups -OCH3 is 1. The van der Waals surface area contributed by atoms with Crippen molar-refractivity contribution >= 4 is 5.57 Å². The molecule has 0 heterocycles. The van der Waals surface area contributed by atoms with E-state index in [-0.39, 0.29) is 10.2 Å². The van der Waals surface area contributed by atoms with Gasteiger partial charge in [0.2, 0.25) is 0 Å². The molecule has 2 rings (SSSR count). The summed E-state index contributed by atoms with van der Waals surface area (Å²) in [5, 5.41) is 0. The van der Waals surface area contributed by atoms with Gasteiger partial charge in [-0.15, -0.1) is 0 Å². The Kier molecular flexibility index (Phi) is 13.1. The van der Waals surface area contributed by atoms with E-state index >= 15 is 0 Å². The second-order valence-electron chi connectivity index (χ2n) is 6.46. The van der Waals surface area contributed by atoms with E-state index in [4.69, 9.17) is 4.74 Å². The average Bonchev–Trinajstić information content (AvgIpc) is 2.62. The Morgan fingerprint density at radius 3 is 2.30 bits per heavy atom. The topological polar surface area (TPSA) is 40.7 Å². The fourth-order valence-corrected chi connectivity index (χ4v) is 3.37. The van der Waals surface area contributed by atoms with E-state index in [1.54, 1.807) is 7.11 Å². The minimum Gasteiger partial charge on any atom is -0.497 e. The molecule has 0 amide bonds. The van der Waals surface area contributed by atoms with Crippen LogP contribution in [0.5, 0.6) is 5.75 Å². The van der Waals surface area contributed by atoms with Crippen LogP contribution in [0, 0.1) is 6.92 Å². The quantitative estimate of drug-likeness (QED) is 0.583. The van der Waals surface area contributed by atoms with Crippen molar-refractivity contribution in [3.8, 4) is 5.75 Å². The van der Waals surface area contributed by atoms with E-state index in [9.17, 15) is 0 Å². The fraction of sp³-hybridized carbons (Fsp3) is 0.417. The maximum atomic E-state index is 5.34. The Balaban J connectivity index is 0. The Labute approximate surface area is 165 Å². The lowest BCUT2D eigenvalue weighted by Gasteiger charge is -2.21. The third-order valence-corrected chi connectivity index (χ3v) is 4.52. The van der Waals surface area contributed by atoms with Crippen LogP contribution in [0.15, 0.2) is 43.0 Å². The van der Waals surface area contributed by atoms with Crippen molar-refractivity contribution in [1.29, 1.82) is 0 Å². The van der Waals surface area contributed by atoms with Gasteiger partial charge in [-0.05, 0) is 72.6 Å². The predicted octanol–water partition coefficient (Wildman–Crippen LogP) is 6.30. The molecule has 0 radical (unpaired) electrons. The summed E-state index contributed by atoms with van der Waals surface area (Å²) in [6, 6.07) is 13.0. The monoisotopic (exact) mass is 376 g/mol. The van der Waals surface area contributed by atoms with Crippen molar-refractivity contribution < 1.29 is 14.9 Å². The lowest BCUT2D eigenvalue weighted by Crippen LogP contribution is -2.06. The van der Waals surface area contributed by atoms with Crippen LogP contribution in [0.2, 0.25) is 0 Å². The number of hydrogen-bond donors (Lipinski definition) is 0. The molecule has 0 saturated carbocycles. The highest BCUT2D eigenvalue weighted by Crippen LogP contribution is 2.31. The number of aryl methyl sites for hydroxylation is 2. The van der Waals surface area contributed by atoms with Crippen LogP contribution in [0.25, 0.3) is 5.57 Å². The molecule has 0 bridgehead atoms. The van der Waals surface area contributed by atoms with Crippen molar-refractivity contribution in [3.63, 3.8) is 0 Å². The smallest absolute Gasteiger partial charge is 0.119 e. The lowest BCUT2D eigenvalue weighted by molar-refractivity contribution is 0.414. The van der Waals surface area contributed by atoms with Crippen LogP contribution in [-0.2, 0) is 12.8 Å². The summed E-state index contributed by atoms with van der Waals surface area (Å²) in [4.78, 5) is 0. The molecule has 3 heteroatoms. The Hall–Kier alpha value is -2.13. The molecule has 1 unspecified atom stereocenters. The molecule has 2 aromatic rings. The molecular weight excluding hydrogens is 339 g/mol. The number of allylic oxidation sites excluding steroid dienone is 1. The van der Waals surface area contributed by atoms with E-state index in [0.29, 0.717) is 5.92 Å². The van der Waals surface area contributed by atoms with Gasteiger partial charge in [0.1, 0.15) is 5.75 Å². The van der Waals surface area contributed by atoms with Crippen LogP contribution in [-0.4, -0.2) is 12.6 Å². The summed E-state index contributed by atoms with van der Waals surface area (Å²) in [6.07, 6.45) is 2.08. The molecule has 0 aliphatic heterocycles. The molecule has 2 aromatic carbocycles. The first-order valence-corrected chi connectivity index (χ1v) is 9.38. The Bertz CT molecular complexity index is 708. The van der Waals surface area contributed by atoms with Gasteiger partial charge in [0.05, 0.1) is 7.11 Å². The van der Waals surface area contributed by atoms with Gasteiger partial charge >= 0.3 is 0 Å². The minimum atomic E-state index is 0. The zero-order valence-electron chi connectivity index (χ0n) is 18.0. The van der Waals surface area contributed by atoms with Gasteiger partial charge in [0.25, 0.3) is 0 Å². The fourth-order valence-electron chi connectivity index (χ4n) is 3.37. The van der Waals surface area contributed by atoms with Gasteiger partial charge in [-0.2, -0.15) is 0 Å². The highest BCUT2D eigenvalue weighted by molar-refractivity contribution is 5.64. The molecule has 27 heavy (non-hydrogen) atoms. The first-order chi connectivity index (χ1) is 12.0. The SMILES string of the molecule is C=C(C)c1cc(C)c(C(C)Cc2cccc(OC)c2)c(CC)c1.CC.F.O. The summed E-state index contributed by atoms with van der Waals surface area (Å²) in [7, 11) is 1.72. The van der Waals surface area contributed by atoms with E-state index in [1.165, 1.54) is 27.8 Å². The molecular formula is C24H37FO2. The zero-order valence-corrected chi connectivity index (χ0v) is 18.0. The number of ether oxygens (including phenoxy) is 1. The predicted molar refractivity (Wildman–Crippen MR) is 118 cm³/mol. The molecule has 0 aromatic heterocycles. The molecule has 0 aliphatic rings. The van der Waals surface area contributed by atoms with Crippen LogP contribution < -0.4 is 4.74 Å². The first-order valence-electron chi connectivity index (χ1n) is 9.38. The number of benzene rings is 2. The van der Waals surface area contributed by atoms with Gasteiger partial charge in [-0.25, -0.2) is 0 Å². The van der Waals surface area contributed by atoms with Crippen molar-refractivity contribution in [1.82, 2.24) is 0 Å². The van der Waals surface area contributed by atoms with Crippen LogP contribution in [0.4, 0.5) is 4.70 Å². The number of halogens is 1. The average molecular weight is 377 g/mol. The molecule has 0 spiro atoms. The zero-order chi connectivity index (χ0) is 19.0. The summed E-state index contributed by atoms with van der Waals surface area (Å²) >= 11 is 0. The van der Waals surface area contributed by atoms with Gasteiger partial charge in [-0.1, -0.05) is 64.1 Å². The first kappa shape index (κ1) is 27.1. The summed E-state index contributed by atoms with van der Waals surface area (Å²) in [6.45, 7) is 16.9. The maximum absolute atomic E-state index is 5.34. The Morgan fingerprint density at radius 2 is 1.78 bits per heavy atom. The maximum Gasteiger partial charge on any atom is 0.119 e. The van der Waals surface area contributed by atoms with Crippen molar-refractivity contribution in [2.24, 2.45) is 0 Å². The number of hydrogen-bond acceptors (Lipinski definition) is 1. The van der Waals surface area contributed by atoms with Gasteiger partial charge in [0.15, 0.2) is 0 Å². The van der Waals surface area contributed by atoms with Crippen molar-refractivity contribution in [3.05, 3.63) is 70.8 Å². The van der Waals surface area contributed by atoms with Gasteiger partial charge < -0.3 is 10.2 Å². The molecule has 0 aliphatic carbocycles. The van der Waals surface area contributed by atoms with E-state index in [0.717, 1.165) is 24.2 Å². The van der Waals surface area contributed by atoms with Crippen LogP contribution in [0.1, 0.15) is 68.4 Å². The number of rotatable bonds is 6. The second-order valence-corrected chi connectivity index (χ2v) is 6.46. The van der Waals surface area contributed by atoms with E-state index in [1.807, 2.05) is 19.9 Å². The largest absolute Gasteiger partial charge is 0.497 e. The van der Waals surface area contributed by atoms with E-state index in [2.05, 4.69) is 64.6 Å². The lowest BCUT2D eigenvalue weighted by atomic mass is 9.84. The van der Waals surface area contributed by atoms with E-state index < -0.39 is 0 Å². The second kappa shape index (κ2) is 13.1. The highest BCUT2D eigenvalue weighted by Gasteiger charge is 2.15. The van der Waals surface area contributed by atoms with Crippen LogP contribution in [0.3, 0.4) is 0 Å². The molecule has 0 saturated heterocycles. The highest BCUT2D eigenvalue weighted by atomic mass is 19.0. The summed E-state index contributed by atoms with van der Waals surface area (Å²) in [5.74, 6) is 1.41. The molecule has 0 fully saturated rings.